The molecule has 3 aromatic carbocycles. The molecule has 5 aromatic rings. The highest BCUT2D eigenvalue weighted by Gasteiger charge is 2.33. The average Bonchev–Trinajstić information content (AvgIpc) is 3.87. The van der Waals surface area contributed by atoms with E-state index < -0.39 is 0 Å². The molecule has 2 aromatic heterocycles. The van der Waals surface area contributed by atoms with E-state index >= 15 is 0 Å². The normalized spacial score (nSPS) is 14.2. The Kier molecular flexibility index (Phi) is 10.2. The SMILES string of the molecule is COc1ccc(C2CC(c3cccs3)=NN2C(=O)CSc2nnc(CNC(=O)Cc3ccccc3)n2CCc2ccccc2)cc1. The summed E-state index contributed by atoms with van der Waals surface area (Å²) in [6, 6.07) is 31.4. The zero-order valence-electron chi connectivity index (χ0n) is 25.4. The van der Waals surface area contributed by atoms with Gasteiger partial charge in [-0.1, -0.05) is 90.6 Å². The third kappa shape index (κ3) is 7.72. The fourth-order valence-corrected chi connectivity index (χ4v) is 6.86. The zero-order valence-corrected chi connectivity index (χ0v) is 27.0. The van der Waals surface area contributed by atoms with Crippen LogP contribution in [-0.2, 0) is 35.5 Å². The Balaban J connectivity index is 1.17. The van der Waals surface area contributed by atoms with E-state index in [2.05, 4.69) is 27.6 Å². The maximum absolute atomic E-state index is 13.8. The summed E-state index contributed by atoms with van der Waals surface area (Å²) in [4.78, 5) is 27.5. The number of benzene rings is 3. The first-order valence-electron chi connectivity index (χ1n) is 15.0. The summed E-state index contributed by atoms with van der Waals surface area (Å²) in [6.45, 7) is 0.846. The predicted octanol–water partition coefficient (Wildman–Crippen LogP) is 5.92. The van der Waals surface area contributed by atoms with Crippen LogP contribution in [0.4, 0.5) is 0 Å². The monoisotopic (exact) mass is 650 g/mol. The lowest BCUT2D eigenvalue weighted by atomic mass is 10.0. The first kappa shape index (κ1) is 31.3. The summed E-state index contributed by atoms with van der Waals surface area (Å²) < 4.78 is 7.34. The molecule has 1 atom stereocenters. The minimum absolute atomic E-state index is 0.0915. The van der Waals surface area contributed by atoms with Crippen molar-refractivity contribution in [3.05, 3.63) is 130 Å². The first-order chi connectivity index (χ1) is 22.6. The highest BCUT2D eigenvalue weighted by molar-refractivity contribution is 7.99. The molecule has 0 spiro atoms. The molecule has 11 heteroatoms. The fraction of sp³-hybridized carbons (Fsp3) is 0.229. The molecular formula is C35H34N6O3S2. The van der Waals surface area contributed by atoms with Crippen LogP contribution in [0.15, 0.2) is 113 Å². The summed E-state index contributed by atoms with van der Waals surface area (Å²) in [6.07, 6.45) is 1.67. The molecular weight excluding hydrogens is 617 g/mol. The van der Waals surface area contributed by atoms with Gasteiger partial charge < -0.3 is 14.6 Å². The zero-order chi connectivity index (χ0) is 31.7. The van der Waals surface area contributed by atoms with Crippen LogP contribution < -0.4 is 10.1 Å². The number of nitrogens with zero attached hydrogens (tertiary/aromatic N) is 5. The number of hydrazone groups is 1. The molecule has 0 saturated carbocycles. The summed E-state index contributed by atoms with van der Waals surface area (Å²) in [5, 5.41) is 20.9. The highest BCUT2D eigenvalue weighted by Crippen LogP contribution is 2.35. The highest BCUT2D eigenvalue weighted by atomic mass is 32.2. The van der Waals surface area contributed by atoms with Gasteiger partial charge in [-0.2, -0.15) is 5.10 Å². The lowest BCUT2D eigenvalue weighted by Crippen LogP contribution is -2.29. The van der Waals surface area contributed by atoms with Gasteiger partial charge in [-0.25, -0.2) is 5.01 Å². The van der Waals surface area contributed by atoms with E-state index in [1.54, 1.807) is 23.5 Å². The smallest absolute Gasteiger partial charge is 0.253 e. The number of rotatable bonds is 13. The van der Waals surface area contributed by atoms with Crippen molar-refractivity contribution < 1.29 is 14.3 Å². The van der Waals surface area contributed by atoms with Crippen LogP contribution in [0.2, 0.25) is 0 Å². The Morgan fingerprint density at radius 2 is 1.67 bits per heavy atom. The van der Waals surface area contributed by atoms with Gasteiger partial charge in [0.05, 0.1) is 42.5 Å². The van der Waals surface area contributed by atoms with Crippen molar-refractivity contribution in [2.24, 2.45) is 5.10 Å². The molecule has 0 aliphatic carbocycles. The maximum Gasteiger partial charge on any atom is 0.253 e. The Labute approximate surface area is 276 Å². The van der Waals surface area contributed by atoms with Gasteiger partial charge in [0, 0.05) is 13.0 Å². The minimum Gasteiger partial charge on any atom is -0.497 e. The third-order valence-electron chi connectivity index (χ3n) is 7.71. The van der Waals surface area contributed by atoms with E-state index in [4.69, 9.17) is 9.84 Å². The number of hydrogen-bond acceptors (Lipinski definition) is 8. The molecule has 0 saturated heterocycles. The van der Waals surface area contributed by atoms with Crippen molar-refractivity contribution in [1.29, 1.82) is 0 Å². The molecule has 0 fully saturated rings. The van der Waals surface area contributed by atoms with Crippen molar-refractivity contribution in [3.63, 3.8) is 0 Å². The molecule has 6 rings (SSSR count). The lowest BCUT2D eigenvalue weighted by molar-refractivity contribution is -0.130. The van der Waals surface area contributed by atoms with Gasteiger partial charge in [0.2, 0.25) is 5.91 Å². The fourth-order valence-electron chi connectivity index (χ4n) is 5.30. The Bertz CT molecular complexity index is 1770. The van der Waals surface area contributed by atoms with Crippen LogP contribution in [0.3, 0.4) is 0 Å². The van der Waals surface area contributed by atoms with Gasteiger partial charge >= 0.3 is 0 Å². The van der Waals surface area contributed by atoms with E-state index in [0.29, 0.717) is 23.9 Å². The summed E-state index contributed by atoms with van der Waals surface area (Å²) in [5.41, 5.74) is 4.01. The van der Waals surface area contributed by atoms with Gasteiger partial charge in [0.15, 0.2) is 11.0 Å². The van der Waals surface area contributed by atoms with E-state index in [-0.39, 0.29) is 36.6 Å². The predicted molar refractivity (Wildman–Crippen MR) is 181 cm³/mol. The van der Waals surface area contributed by atoms with Gasteiger partial charge in [0.25, 0.3) is 5.91 Å². The number of hydrogen-bond donors (Lipinski definition) is 1. The number of aromatic nitrogens is 3. The van der Waals surface area contributed by atoms with E-state index in [1.807, 2.05) is 94.9 Å². The van der Waals surface area contributed by atoms with Crippen LogP contribution in [0.25, 0.3) is 0 Å². The van der Waals surface area contributed by atoms with E-state index in [1.165, 1.54) is 17.3 Å². The van der Waals surface area contributed by atoms with Crippen molar-refractivity contribution in [1.82, 2.24) is 25.1 Å². The molecule has 0 radical (unpaired) electrons. The van der Waals surface area contributed by atoms with Crippen LogP contribution in [-0.4, -0.2) is 50.2 Å². The van der Waals surface area contributed by atoms with Crippen LogP contribution in [0, 0.1) is 0 Å². The second-order valence-corrected chi connectivity index (χ2v) is 12.7. The number of aryl methyl sites for hydroxylation is 1. The number of thioether (sulfide) groups is 1. The molecule has 234 valence electrons. The third-order valence-corrected chi connectivity index (χ3v) is 9.58. The van der Waals surface area contributed by atoms with Gasteiger partial charge in [0.1, 0.15) is 5.75 Å². The van der Waals surface area contributed by atoms with Gasteiger partial charge in [-0.15, -0.1) is 21.5 Å². The van der Waals surface area contributed by atoms with Crippen molar-refractivity contribution in [2.75, 3.05) is 12.9 Å². The molecule has 0 bridgehead atoms. The number of ether oxygens (including phenoxy) is 1. The molecule has 1 unspecified atom stereocenters. The quantitative estimate of drug-likeness (QED) is 0.159. The first-order valence-corrected chi connectivity index (χ1v) is 16.9. The second kappa shape index (κ2) is 15.0. The van der Waals surface area contributed by atoms with Crippen molar-refractivity contribution in [3.8, 4) is 5.75 Å². The van der Waals surface area contributed by atoms with Crippen molar-refractivity contribution >= 4 is 40.6 Å². The molecule has 3 heterocycles. The molecule has 2 amide bonds. The Hall–Kier alpha value is -4.74. The number of thiophene rings is 1. The summed E-state index contributed by atoms with van der Waals surface area (Å²) in [5.74, 6) is 1.33. The summed E-state index contributed by atoms with van der Waals surface area (Å²) >= 11 is 2.95. The van der Waals surface area contributed by atoms with Crippen LogP contribution in [0.5, 0.6) is 5.75 Å². The molecule has 46 heavy (non-hydrogen) atoms. The van der Waals surface area contributed by atoms with E-state index in [0.717, 1.165) is 33.9 Å². The van der Waals surface area contributed by atoms with Gasteiger partial charge in [-0.05, 0) is 46.7 Å². The molecule has 1 aliphatic rings. The number of nitrogens with one attached hydrogen (secondary N) is 1. The maximum atomic E-state index is 13.8. The lowest BCUT2D eigenvalue weighted by Gasteiger charge is -2.22. The molecule has 1 aliphatic heterocycles. The number of carbonyl (C=O) groups is 2. The number of methoxy groups -OCH3 is 1. The van der Waals surface area contributed by atoms with E-state index in [9.17, 15) is 9.59 Å². The second-order valence-electron chi connectivity index (χ2n) is 10.8. The number of carbonyl (C=O) groups excluding carboxylic acids is 2. The Morgan fingerprint density at radius 1 is 0.935 bits per heavy atom. The number of amides is 2. The van der Waals surface area contributed by atoms with Crippen LogP contribution >= 0.6 is 23.1 Å². The largest absolute Gasteiger partial charge is 0.497 e. The van der Waals surface area contributed by atoms with Crippen molar-refractivity contribution in [2.45, 2.75) is 43.6 Å². The Morgan fingerprint density at radius 3 is 2.37 bits per heavy atom. The average molecular weight is 651 g/mol. The van der Waals surface area contributed by atoms with Crippen LogP contribution in [0.1, 0.15) is 39.9 Å². The molecule has 1 N–H and O–H groups in total. The van der Waals surface area contributed by atoms with Gasteiger partial charge in [-0.3, -0.25) is 9.59 Å². The standard InChI is InChI=1S/C35H34N6O3S2/c1-44-28-16-14-27(15-17-28)30-22-29(31-13-8-20-45-31)39-41(30)34(43)24-46-35-38-37-32(40(35)19-18-25-9-4-2-5-10-25)23-36-33(42)21-26-11-6-3-7-12-26/h2-17,20,30H,18-19,21-24H2,1H3,(H,36,42). The molecule has 9 nitrogen and oxygen atoms in total. The summed E-state index contributed by atoms with van der Waals surface area (Å²) in [7, 11) is 1.64. The topological polar surface area (TPSA) is 102 Å². The minimum atomic E-state index is -0.220.